The minimum Gasteiger partial charge on any atom is -0.491 e. The van der Waals surface area contributed by atoms with Gasteiger partial charge in [-0.25, -0.2) is 0 Å². The normalized spacial score (nSPS) is 18.0. The zero-order valence-electron chi connectivity index (χ0n) is 16.4. The molecule has 27 heavy (non-hydrogen) atoms. The fourth-order valence-electron chi connectivity index (χ4n) is 3.68. The summed E-state index contributed by atoms with van der Waals surface area (Å²) in [7, 11) is 0. The highest BCUT2D eigenvalue weighted by Crippen LogP contribution is 2.18. The Morgan fingerprint density at radius 2 is 1.89 bits per heavy atom. The van der Waals surface area contributed by atoms with Crippen molar-refractivity contribution in [1.82, 2.24) is 4.90 Å². The number of benzene rings is 2. The highest BCUT2D eigenvalue weighted by atomic mass is 16.5. The summed E-state index contributed by atoms with van der Waals surface area (Å²) >= 11 is 0. The van der Waals surface area contributed by atoms with Gasteiger partial charge in [0.05, 0.1) is 6.10 Å². The summed E-state index contributed by atoms with van der Waals surface area (Å²) in [5, 5.41) is 10.6. The molecule has 2 unspecified atom stereocenters. The van der Waals surface area contributed by atoms with Gasteiger partial charge < -0.3 is 14.6 Å². The van der Waals surface area contributed by atoms with Gasteiger partial charge in [-0.05, 0) is 55.5 Å². The van der Waals surface area contributed by atoms with Crippen molar-refractivity contribution in [2.45, 2.75) is 45.4 Å². The van der Waals surface area contributed by atoms with Crippen molar-refractivity contribution >= 4 is 0 Å². The predicted molar refractivity (Wildman–Crippen MR) is 108 cm³/mol. The maximum atomic E-state index is 10.6. The minimum atomic E-state index is -0.545. The first-order valence-electron chi connectivity index (χ1n) is 9.85. The molecule has 0 amide bonds. The highest BCUT2D eigenvalue weighted by Gasteiger charge is 2.21. The van der Waals surface area contributed by atoms with E-state index in [1.807, 2.05) is 18.2 Å². The molecule has 4 nitrogen and oxygen atoms in total. The molecule has 0 aromatic heterocycles. The van der Waals surface area contributed by atoms with Gasteiger partial charge in [-0.15, -0.1) is 0 Å². The number of hydrogen-bond donors (Lipinski definition) is 1. The van der Waals surface area contributed by atoms with Crippen LogP contribution in [-0.2, 0) is 11.3 Å². The SMILES string of the molecule is Cc1cc(C)cc(OCC(O)CN(Cc2ccccc2)CC2CCCO2)c1. The first-order chi connectivity index (χ1) is 13.1. The molecule has 1 saturated heterocycles. The maximum absolute atomic E-state index is 10.6. The lowest BCUT2D eigenvalue weighted by Crippen LogP contribution is -2.39. The van der Waals surface area contributed by atoms with Crippen LogP contribution in [0, 0.1) is 13.8 Å². The van der Waals surface area contributed by atoms with Crippen molar-refractivity contribution in [2.24, 2.45) is 0 Å². The lowest BCUT2D eigenvalue weighted by molar-refractivity contribution is 0.0313. The van der Waals surface area contributed by atoms with E-state index < -0.39 is 6.10 Å². The van der Waals surface area contributed by atoms with Crippen LogP contribution in [0.15, 0.2) is 48.5 Å². The molecule has 146 valence electrons. The molecular formula is C23H31NO3. The van der Waals surface area contributed by atoms with Gasteiger partial charge in [-0.3, -0.25) is 4.90 Å². The number of aliphatic hydroxyl groups excluding tert-OH is 1. The molecule has 1 N–H and O–H groups in total. The number of ether oxygens (including phenoxy) is 2. The minimum absolute atomic E-state index is 0.265. The Bertz CT molecular complexity index is 678. The highest BCUT2D eigenvalue weighted by molar-refractivity contribution is 5.33. The first-order valence-corrected chi connectivity index (χ1v) is 9.85. The van der Waals surface area contributed by atoms with E-state index in [-0.39, 0.29) is 6.10 Å². The monoisotopic (exact) mass is 369 g/mol. The number of aryl methyl sites for hydroxylation is 2. The summed E-state index contributed by atoms with van der Waals surface area (Å²) in [6, 6.07) is 16.5. The summed E-state index contributed by atoms with van der Waals surface area (Å²) in [5.74, 6) is 0.820. The molecule has 0 aliphatic carbocycles. The number of aliphatic hydroxyl groups is 1. The summed E-state index contributed by atoms with van der Waals surface area (Å²) in [6.07, 6.45) is 1.94. The van der Waals surface area contributed by atoms with Crippen LogP contribution in [0.2, 0.25) is 0 Å². The van der Waals surface area contributed by atoms with Crippen LogP contribution in [0.4, 0.5) is 0 Å². The second-order valence-corrected chi connectivity index (χ2v) is 7.60. The zero-order valence-corrected chi connectivity index (χ0v) is 16.4. The summed E-state index contributed by atoms with van der Waals surface area (Å²) in [6.45, 7) is 7.47. The summed E-state index contributed by atoms with van der Waals surface area (Å²) < 4.78 is 11.6. The van der Waals surface area contributed by atoms with Gasteiger partial charge in [0, 0.05) is 26.2 Å². The molecule has 1 aliphatic heterocycles. The average molecular weight is 370 g/mol. The van der Waals surface area contributed by atoms with E-state index in [1.54, 1.807) is 0 Å². The van der Waals surface area contributed by atoms with Gasteiger partial charge in [0.2, 0.25) is 0 Å². The molecule has 2 atom stereocenters. The van der Waals surface area contributed by atoms with Crippen molar-refractivity contribution in [1.29, 1.82) is 0 Å². The van der Waals surface area contributed by atoms with Crippen LogP contribution in [-0.4, -0.2) is 48.5 Å². The average Bonchev–Trinajstić information content (AvgIpc) is 3.13. The van der Waals surface area contributed by atoms with Crippen molar-refractivity contribution in [2.75, 3.05) is 26.3 Å². The molecule has 2 aromatic carbocycles. The number of hydrogen-bond acceptors (Lipinski definition) is 4. The van der Waals surface area contributed by atoms with Crippen molar-refractivity contribution in [3.8, 4) is 5.75 Å². The van der Waals surface area contributed by atoms with Gasteiger partial charge in [-0.2, -0.15) is 0 Å². The third-order valence-electron chi connectivity index (χ3n) is 4.84. The number of nitrogens with zero attached hydrogens (tertiary/aromatic N) is 1. The van der Waals surface area contributed by atoms with E-state index in [2.05, 4.69) is 49.1 Å². The first kappa shape index (κ1) is 19.9. The molecule has 0 spiro atoms. The molecule has 3 rings (SSSR count). The van der Waals surface area contributed by atoms with E-state index in [4.69, 9.17) is 9.47 Å². The smallest absolute Gasteiger partial charge is 0.119 e. The van der Waals surface area contributed by atoms with Gasteiger partial charge in [0.25, 0.3) is 0 Å². The van der Waals surface area contributed by atoms with Crippen LogP contribution in [0.5, 0.6) is 5.75 Å². The molecule has 0 bridgehead atoms. The number of rotatable bonds is 9. The Morgan fingerprint density at radius 3 is 2.56 bits per heavy atom. The molecule has 1 heterocycles. The van der Waals surface area contributed by atoms with Crippen LogP contribution in [0.3, 0.4) is 0 Å². The second kappa shape index (κ2) is 9.88. The predicted octanol–water partition coefficient (Wildman–Crippen LogP) is 3.72. The largest absolute Gasteiger partial charge is 0.491 e. The van der Waals surface area contributed by atoms with Gasteiger partial charge in [0.15, 0.2) is 0 Å². The molecular weight excluding hydrogens is 338 g/mol. The third-order valence-corrected chi connectivity index (χ3v) is 4.84. The van der Waals surface area contributed by atoms with E-state index in [1.165, 1.54) is 16.7 Å². The second-order valence-electron chi connectivity index (χ2n) is 7.60. The molecule has 1 aliphatic rings. The quantitative estimate of drug-likeness (QED) is 0.731. The van der Waals surface area contributed by atoms with Crippen LogP contribution < -0.4 is 4.74 Å². The fraction of sp³-hybridized carbons (Fsp3) is 0.478. The van der Waals surface area contributed by atoms with Gasteiger partial charge in [0.1, 0.15) is 18.5 Å². The van der Waals surface area contributed by atoms with Gasteiger partial charge >= 0.3 is 0 Å². The Balaban J connectivity index is 1.56. The molecule has 0 radical (unpaired) electrons. The Morgan fingerprint density at radius 1 is 1.15 bits per heavy atom. The molecule has 4 heteroatoms. The maximum Gasteiger partial charge on any atom is 0.119 e. The molecule has 1 fully saturated rings. The van der Waals surface area contributed by atoms with Crippen LogP contribution >= 0.6 is 0 Å². The lowest BCUT2D eigenvalue weighted by Gasteiger charge is -2.27. The van der Waals surface area contributed by atoms with Crippen molar-refractivity contribution in [3.05, 3.63) is 65.2 Å². The van der Waals surface area contributed by atoms with E-state index in [9.17, 15) is 5.11 Å². The van der Waals surface area contributed by atoms with E-state index in [0.717, 1.165) is 38.3 Å². The van der Waals surface area contributed by atoms with Crippen LogP contribution in [0.25, 0.3) is 0 Å². The Kier molecular flexibility index (Phi) is 7.27. The summed E-state index contributed by atoms with van der Waals surface area (Å²) in [4.78, 5) is 2.28. The summed E-state index contributed by atoms with van der Waals surface area (Å²) in [5.41, 5.74) is 3.59. The van der Waals surface area contributed by atoms with Crippen molar-refractivity contribution in [3.63, 3.8) is 0 Å². The van der Waals surface area contributed by atoms with Crippen molar-refractivity contribution < 1.29 is 14.6 Å². The standard InChI is InChI=1S/C23H31NO3/c1-18-11-19(2)13-23(12-18)27-17-21(25)15-24(16-22-9-6-10-26-22)14-20-7-4-3-5-8-20/h3-5,7-8,11-13,21-22,25H,6,9-10,14-17H2,1-2H3. The zero-order chi connectivity index (χ0) is 19.1. The third kappa shape index (κ3) is 6.65. The lowest BCUT2D eigenvalue weighted by atomic mass is 10.1. The van der Waals surface area contributed by atoms with E-state index >= 15 is 0 Å². The van der Waals surface area contributed by atoms with E-state index in [0.29, 0.717) is 13.2 Å². The topological polar surface area (TPSA) is 41.9 Å². The fourth-order valence-corrected chi connectivity index (χ4v) is 3.68. The molecule has 2 aromatic rings. The Labute approximate surface area is 162 Å². The Hall–Kier alpha value is -1.88. The molecule has 0 saturated carbocycles. The van der Waals surface area contributed by atoms with Gasteiger partial charge in [-0.1, -0.05) is 36.4 Å². The van der Waals surface area contributed by atoms with Crippen LogP contribution in [0.1, 0.15) is 29.5 Å².